The molecule has 4 aromatic carbocycles. The van der Waals surface area contributed by atoms with E-state index in [1.807, 2.05) is 110 Å². The fourth-order valence-electron chi connectivity index (χ4n) is 6.06. The number of rotatable bonds is 23. The van der Waals surface area contributed by atoms with E-state index in [-0.39, 0.29) is 50.5 Å². The van der Waals surface area contributed by atoms with Crippen LogP contribution in [0.1, 0.15) is 62.6 Å². The molecule has 3 atom stereocenters. The van der Waals surface area contributed by atoms with Crippen molar-refractivity contribution in [3.05, 3.63) is 143 Å². The van der Waals surface area contributed by atoms with Gasteiger partial charge < -0.3 is 48.2 Å². The zero-order valence-corrected chi connectivity index (χ0v) is 33.1. The summed E-state index contributed by atoms with van der Waals surface area (Å²) in [5, 5.41) is 30.8. The quantitative estimate of drug-likeness (QED) is 0.0615. The van der Waals surface area contributed by atoms with Crippen LogP contribution in [0.15, 0.2) is 120 Å². The monoisotopic (exact) mass is 768 g/mol. The van der Waals surface area contributed by atoms with Crippen LogP contribution in [0.5, 0.6) is 23.0 Å². The van der Waals surface area contributed by atoms with Gasteiger partial charge in [0, 0.05) is 17.4 Å². The van der Waals surface area contributed by atoms with Crippen LogP contribution in [0.4, 0.5) is 0 Å². The van der Waals surface area contributed by atoms with Crippen molar-refractivity contribution in [1.82, 2.24) is 0 Å². The van der Waals surface area contributed by atoms with E-state index in [2.05, 4.69) is 27.7 Å². The molecule has 3 unspecified atom stereocenters. The number of aliphatic hydroxyl groups excluding tert-OH is 3. The first-order chi connectivity index (χ1) is 26.9. The fourth-order valence-corrected chi connectivity index (χ4v) is 6.06. The molecule has 0 saturated heterocycles. The van der Waals surface area contributed by atoms with Crippen LogP contribution in [-0.2, 0) is 26.9 Å². The summed E-state index contributed by atoms with van der Waals surface area (Å²) in [4.78, 5) is 0. The van der Waals surface area contributed by atoms with Gasteiger partial charge in [0.05, 0.1) is 19.5 Å². The van der Waals surface area contributed by atoms with E-state index in [4.69, 9.17) is 32.8 Å². The standard InChI is InChI=1S/C46H56O10/c1-6-50-26-37(47)28-53-40-17-9-33(10-18-40)45(2,3)35-13-21-42(22-14-35)55-30-39(49)31-56-43-23-15-36(16-24-43)46(4,5)34-11-19-41(20-12-34)54-29-38(48)27-51-32-44-8-7-25-52-44/h7-25,37-39,47-49H,6,26-32H2,1-5H3. The van der Waals surface area contributed by atoms with Gasteiger partial charge in [0.1, 0.15) is 80.1 Å². The maximum atomic E-state index is 10.6. The Morgan fingerprint density at radius 2 is 0.786 bits per heavy atom. The second-order valence-corrected chi connectivity index (χ2v) is 14.8. The van der Waals surface area contributed by atoms with Crippen LogP contribution in [0, 0.1) is 0 Å². The van der Waals surface area contributed by atoms with Crippen molar-refractivity contribution in [2.75, 3.05) is 46.2 Å². The van der Waals surface area contributed by atoms with Gasteiger partial charge in [-0.1, -0.05) is 76.2 Å². The molecule has 3 N–H and O–H groups in total. The molecule has 10 nitrogen and oxygen atoms in total. The summed E-state index contributed by atoms with van der Waals surface area (Å²) in [7, 11) is 0. The van der Waals surface area contributed by atoms with E-state index in [1.54, 1.807) is 12.3 Å². The molecule has 300 valence electrons. The first-order valence-corrected chi connectivity index (χ1v) is 19.1. The topological polar surface area (TPSA) is 129 Å². The van der Waals surface area contributed by atoms with Crippen molar-refractivity contribution in [1.29, 1.82) is 0 Å². The Balaban J connectivity index is 1.03. The molecular weight excluding hydrogens is 712 g/mol. The van der Waals surface area contributed by atoms with Crippen molar-refractivity contribution in [3.63, 3.8) is 0 Å². The van der Waals surface area contributed by atoms with Gasteiger partial charge >= 0.3 is 0 Å². The normalized spacial score (nSPS) is 13.5. The maximum absolute atomic E-state index is 10.6. The SMILES string of the molecule is CCOCC(O)COc1ccc(C(C)(C)c2ccc(OCC(O)COc3ccc(C(C)(C)c4ccc(OCC(O)COCc5ccco5)cc4)cc3)cc2)cc1. The minimum absolute atomic E-state index is 0.0886. The summed E-state index contributed by atoms with van der Waals surface area (Å²) in [6, 6.07) is 35.2. The first kappa shape index (κ1) is 42.3. The van der Waals surface area contributed by atoms with Crippen LogP contribution in [0.3, 0.4) is 0 Å². The fraction of sp³-hybridized carbons (Fsp3) is 0.391. The highest BCUT2D eigenvalue weighted by Crippen LogP contribution is 2.35. The minimum atomic E-state index is -0.820. The third-order valence-corrected chi connectivity index (χ3v) is 9.72. The molecule has 0 saturated carbocycles. The summed E-state index contributed by atoms with van der Waals surface area (Å²) < 4.78 is 39.2. The molecule has 0 bridgehead atoms. The van der Waals surface area contributed by atoms with Gasteiger partial charge in [-0.2, -0.15) is 0 Å². The molecule has 1 aromatic heterocycles. The summed E-state index contributed by atoms with van der Waals surface area (Å²) >= 11 is 0. The van der Waals surface area contributed by atoms with Crippen LogP contribution in [-0.4, -0.2) is 79.9 Å². The van der Waals surface area contributed by atoms with Crippen molar-refractivity contribution < 1.29 is 48.2 Å². The molecule has 5 aromatic rings. The minimum Gasteiger partial charge on any atom is -0.491 e. The highest BCUT2D eigenvalue weighted by Gasteiger charge is 2.25. The van der Waals surface area contributed by atoms with Gasteiger partial charge in [0.15, 0.2) is 0 Å². The smallest absolute Gasteiger partial charge is 0.129 e. The number of hydrogen-bond acceptors (Lipinski definition) is 10. The third kappa shape index (κ3) is 12.3. The molecule has 0 radical (unpaired) electrons. The van der Waals surface area contributed by atoms with Crippen LogP contribution < -0.4 is 18.9 Å². The molecule has 0 aliphatic carbocycles. The molecule has 0 aliphatic rings. The Morgan fingerprint density at radius 3 is 1.09 bits per heavy atom. The van der Waals surface area contributed by atoms with Crippen molar-refractivity contribution in [3.8, 4) is 23.0 Å². The highest BCUT2D eigenvalue weighted by atomic mass is 16.5. The Labute approximate surface area is 330 Å². The predicted molar refractivity (Wildman–Crippen MR) is 215 cm³/mol. The molecule has 56 heavy (non-hydrogen) atoms. The van der Waals surface area contributed by atoms with Gasteiger partial charge in [0.2, 0.25) is 0 Å². The molecule has 10 heteroatoms. The molecule has 5 rings (SSSR count). The molecule has 0 aliphatic heterocycles. The number of ether oxygens (including phenoxy) is 6. The Bertz CT molecular complexity index is 1830. The van der Waals surface area contributed by atoms with Gasteiger partial charge in [-0.3, -0.25) is 0 Å². The summed E-state index contributed by atoms with van der Waals surface area (Å²) in [5.74, 6) is 3.38. The molecule has 0 amide bonds. The Kier molecular flexibility index (Phi) is 15.4. The van der Waals surface area contributed by atoms with Crippen LogP contribution >= 0.6 is 0 Å². The van der Waals surface area contributed by atoms with E-state index < -0.39 is 18.3 Å². The predicted octanol–water partition coefficient (Wildman–Crippen LogP) is 7.48. The van der Waals surface area contributed by atoms with Crippen molar-refractivity contribution in [2.45, 2.75) is 70.4 Å². The maximum Gasteiger partial charge on any atom is 0.129 e. The lowest BCUT2D eigenvalue weighted by molar-refractivity contribution is 0.000875. The number of hydrogen-bond donors (Lipinski definition) is 3. The van der Waals surface area contributed by atoms with E-state index in [0.717, 1.165) is 22.3 Å². The Morgan fingerprint density at radius 1 is 0.464 bits per heavy atom. The average Bonchev–Trinajstić information content (AvgIpc) is 3.74. The average molecular weight is 769 g/mol. The van der Waals surface area contributed by atoms with Crippen LogP contribution in [0.2, 0.25) is 0 Å². The van der Waals surface area contributed by atoms with Crippen molar-refractivity contribution in [2.24, 2.45) is 0 Å². The second kappa shape index (κ2) is 20.4. The molecular formula is C46H56O10. The van der Waals surface area contributed by atoms with Gasteiger partial charge in [0.25, 0.3) is 0 Å². The second-order valence-electron chi connectivity index (χ2n) is 14.8. The lowest BCUT2D eigenvalue weighted by atomic mass is 9.78. The number of furan rings is 1. The lowest BCUT2D eigenvalue weighted by Gasteiger charge is -2.27. The van der Waals surface area contributed by atoms with E-state index in [0.29, 0.717) is 42.0 Å². The van der Waals surface area contributed by atoms with Crippen LogP contribution in [0.25, 0.3) is 0 Å². The molecule has 1 heterocycles. The first-order valence-electron chi connectivity index (χ1n) is 19.1. The van der Waals surface area contributed by atoms with Gasteiger partial charge in [-0.25, -0.2) is 0 Å². The molecule has 0 spiro atoms. The zero-order valence-electron chi connectivity index (χ0n) is 33.1. The summed E-state index contributed by atoms with van der Waals surface area (Å²) in [6.45, 7) is 12.2. The largest absolute Gasteiger partial charge is 0.491 e. The summed E-state index contributed by atoms with van der Waals surface area (Å²) in [6.07, 6.45) is -0.664. The van der Waals surface area contributed by atoms with Gasteiger partial charge in [-0.05, 0) is 89.8 Å². The number of aliphatic hydroxyl groups is 3. The highest BCUT2D eigenvalue weighted by molar-refractivity contribution is 5.43. The van der Waals surface area contributed by atoms with Gasteiger partial charge in [-0.15, -0.1) is 0 Å². The zero-order chi connectivity index (χ0) is 40.0. The summed E-state index contributed by atoms with van der Waals surface area (Å²) in [5.41, 5.74) is 3.89. The number of benzene rings is 4. The lowest BCUT2D eigenvalue weighted by Crippen LogP contribution is -2.25. The van der Waals surface area contributed by atoms with Crippen molar-refractivity contribution >= 4 is 0 Å². The Hall–Kier alpha value is -4.84. The van der Waals surface area contributed by atoms with E-state index in [1.165, 1.54) is 0 Å². The third-order valence-electron chi connectivity index (χ3n) is 9.72. The van der Waals surface area contributed by atoms with E-state index >= 15 is 0 Å². The van der Waals surface area contributed by atoms with E-state index in [9.17, 15) is 15.3 Å². The molecule has 0 fully saturated rings.